The van der Waals surface area contributed by atoms with Gasteiger partial charge >= 0.3 is 0 Å². The third-order valence-electron chi connectivity index (χ3n) is 4.65. The maximum atomic E-state index is 13.4. The van der Waals surface area contributed by atoms with Crippen LogP contribution in [0.25, 0.3) is 0 Å². The first kappa shape index (κ1) is 13.1. The van der Waals surface area contributed by atoms with Gasteiger partial charge in [-0.05, 0) is 36.1 Å². The average molecular weight is 263 g/mol. The Morgan fingerprint density at radius 1 is 1.32 bits per heavy atom. The zero-order valence-electron chi connectivity index (χ0n) is 11.6. The monoisotopic (exact) mass is 263 g/mol. The van der Waals surface area contributed by atoms with E-state index in [1.807, 2.05) is 0 Å². The summed E-state index contributed by atoms with van der Waals surface area (Å²) in [7, 11) is 0. The van der Waals surface area contributed by atoms with Crippen LogP contribution in [0.1, 0.15) is 56.6 Å². The van der Waals surface area contributed by atoms with Crippen LogP contribution >= 0.6 is 0 Å². The summed E-state index contributed by atoms with van der Waals surface area (Å²) in [4.78, 5) is 0. The van der Waals surface area contributed by atoms with Gasteiger partial charge in [-0.3, -0.25) is 0 Å². The summed E-state index contributed by atoms with van der Waals surface area (Å²) in [6.07, 6.45) is 4.18. The molecule has 3 heteroatoms. The van der Waals surface area contributed by atoms with Crippen LogP contribution < -0.4 is 5.32 Å². The Bertz CT molecular complexity index is 488. The van der Waals surface area contributed by atoms with Gasteiger partial charge in [0.1, 0.15) is 11.4 Å². The number of rotatable bonds is 2. The van der Waals surface area contributed by atoms with Gasteiger partial charge in [-0.2, -0.15) is 0 Å². The van der Waals surface area contributed by atoms with E-state index in [1.165, 1.54) is 6.07 Å². The zero-order valence-corrected chi connectivity index (χ0v) is 11.6. The van der Waals surface area contributed by atoms with Crippen LogP contribution in [-0.2, 0) is 5.60 Å². The summed E-state index contributed by atoms with van der Waals surface area (Å²) in [6, 6.07) is 5.26. The number of aliphatic hydroxyl groups is 1. The highest BCUT2D eigenvalue weighted by molar-refractivity contribution is 5.49. The fourth-order valence-electron chi connectivity index (χ4n) is 3.87. The van der Waals surface area contributed by atoms with Gasteiger partial charge in [0.15, 0.2) is 0 Å². The van der Waals surface area contributed by atoms with Crippen molar-refractivity contribution in [1.82, 2.24) is 5.32 Å². The fourth-order valence-corrected chi connectivity index (χ4v) is 3.87. The summed E-state index contributed by atoms with van der Waals surface area (Å²) in [5.74, 6) is -0.102. The van der Waals surface area contributed by atoms with E-state index in [0.717, 1.165) is 36.8 Å². The standard InChI is InChI=1S/C16H22FNO/c1-10(2)18-15-6-4-3-5-13-12-9-11(17)7-8-14(12)16(13,15)19/h7-10,13,15,18-19H,3-6H2,1-2H3/t13?,15?,16-/m1/s1. The van der Waals surface area contributed by atoms with E-state index in [-0.39, 0.29) is 17.8 Å². The molecule has 0 radical (unpaired) electrons. The summed E-state index contributed by atoms with van der Waals surface area (Å²) in [5, 5.41) is 14.7. The van der Waals surface area contributed by atoms with Crippen molar-refractivity contribution < 1.29 is 9.50 Å². The molecule has 0 spiro atoms. The smallest absolute Gasteiger partial charge is 0.123 e. The largest absolute Gasteiger partial charge is 0.383 e. The van der Waals surface area contributed by atoms with Gasteiger partial charge in [0, 0.05) is 18.0 Å². The molecule has 0 amide bonds. The minimum Gasteiger partial charge on any atom is -0.383 e. The molecule has 0 bridgehead atoms. The predicted octanol–water partition coefficient (Wildman–Crippen LogP) is 3.05. The van der Waals surface area contributed by atoms with Crippen molar-refractivity contribution in [3.8, 4) is 0 Å². The number of benzene rings is 1. The van der Waals surface area contributed by atoms with Gasteiger partial charge < -0.3 is 10.4 Å². The van der Waals surface area contributed by atoms with Crippen molar-refractivity contribution >= 4 is 0 Å². The minimum atomic E-state index is -0.802. The van der Waals surface area contributed by atoms with Crippen molar-refractivity contribution in [3.05, 3.63) is 35.1 Å². The van der Waals surface area contributed by atoms with E-state index in [9.17, 15) is 9.50 Å². The highest BCUT2D eigenvalue weighted by Crippen LogP contribution is 2.56. The lowest BCUT2D eigenvalue weighted by Crippen LogP contribution is -2.58. The second-order valence-corrected chi connectivity index (χ2v) is 6.27. The van der Waals surface area contributed by atoms with E-state index in [2.05, 4.69) is 19.2 Å². The maximum absolute atomic E-state index is 13.4. The molecule has 1 saturated carbocycles. The average Bonchev–Trinajstić information content (AvgIpc) is 2.47. The third kappa shape index (κ3) is 1.91. The summed E-state index contributed by atoms with van der Waals surface area (Å²) in [6.45, 7) is 4.21. The highest BCUT2D eigenvalue weighted by atomic mass is 19.1. The fraction of sp³-hybridized carbons (Fsp3) is 0.625. The zero-order chi connectivity index (χ0) is 13.6. The Morgan fingerprint density at radius 3 is 2.79 bits per heavy atom. The Hall–Kier alpha value is -0.930. The molecule has 1 fully saturated rings. The molecular formula is C16H22FNO. The molecule has 104 valence electrons. The Labute approximate surface area is 114 Å². The molecule has 1 aromatic carbocycles. The van der Waals surface area contributed by atoms with Crippen LogP contribution in [-0.4, -0.2) is 17.2 Å². The van der Waals surface area contributed by atoms with E-state index in [0.29, 0.717) is 6.04 Å². The summed E-state index contributed by atoms with van der Waals surface area (Å²) in [5.41, 5.74) is 1.14. The molecule has 0 aromatic heterocycles. The molecule has 2 aliphatic carbocycles. The minimum absolute atomic E-state index is 0.0814. The topological polar surface area (TPSA) is 32.3 Å². The first-order chi connectivity index (χ1) is 9.03. The molecule has 3 atom stereocenters. The number of fused-ring (bicyclic) bond motifs is 4. The molecule has 3 rings (SSSR count). The lowest BCUT2D eigenvalue weighted by atomic mass is 9.60. The molecule has 2 unspecified atom stereocenters. The molecule has 0 heterocycles. The van der Waals surface area contributed by atoms with Gasteiger partial charge in [0.2, 0.25) is 0 Å². The van der Waals surface area contributed by atoms with Crippen LogP contribution in [0.3, 0.4) is 0 Å². The van der Waals surface area contributed by atoms with E-state index >= 15 is 0 Å². The van der Waals surface area contributed by atoms with E-state index in [1.54, 1.807) is 12.1 Å². The molecule has 2 aliphatic rings. The van der Waals surface area contributed by atoms with Gasteiger partial charge in [-0.1, -0.05) is 32.8 Å². The molecule has 0 saturated heterocycles. The van der Waals surface area contributed by atoms with Gasteiger partial charge in [0.25, 0.3) is 0 Å². The van der Waals surface area contributed by atoms with E-state index < -0.39 is 5.60 Å². The van der Waals surface area contributed by atoms with Crippen LogP contribution in [0.4, 0.5) is 4.39 Å². The van der Waals surface area contributed by atoms with Gasteiger partial charge in [-0.25, -0.2) is 4.39 Å². The molecule has 0 aliphatic heterocycles. The Balaban J connectivity index is 2.00. The van der Waals surface area contributed by atoms with Crippen LogP contribution in [0, 0.1) is 5.82 Å². The summed E-state index contributed by atoms with van der Waals surface area (Å²) >= 11 is 0. The summed E-state index contributed by atoms with van der Waals surface area (Å²) < 4.78 is 13.4. The quantitative estimate of drug-likeness (QED) is 0.859. The maximum Gasteiger partial charge on any atom is 0.123 e. The highest BCUT2D eigenvalue weighted by Gasteiger charge is 2.55. The number of halogens is 1. The lowest BCUT2D eigenvalue weighted by molar-refractivity contribution is -0.0559. The van der Waals surface area contributed by atoms with Crippen molar-refractivity contribution in [2.45, 2.75) is 63.1 Å². The number of nitrogens with one attached hydrogen (secondary N) is 1. The van der Waals surface area contributed by atoms with Crippen LogP contribution in [0.5, 0.6) is 0 Å². The Morgan fingerprint density at radius 2 is 2.05 bits per heavy atom. The SMILES string of the molecule is CC(C)NC1CCCCC2c3cc(F)ccc3[C@@]12O. The molecular weight excluding hydrogens is 241 g/mol. The van der Waals surface area contributed by atoms with Gasteiger partial charge in [0.05, 0.1) is 0 Å². The second kappa shape index (κ2) is 4.57. The van der Waals surface area contributed by atoms with Crippen molar-refractivity contribution in [1.29, 1.82) is 0 Å². The molecule has 2 nitrogen and oxygen atoms in total. The first-order valence-corrected chi connectivity index (χ1v) is 7.32. The van der Waals surface area contributed by atoms with Crippen molar-refractivity contribution in [2.24, 2.45) is 0 Å². The van der Waals surface area contributed by atoms with Crippen LogP contribution in [0.15, 0.2) is 18.2 Å². The lowest BCUT2D eigenvalue weighted by Gasteiger charge is -2.51. The molecule has 19 heavy (non-hydrogen) atoms. The number of hydrogen-bond acceptors (Lipinski definition) is 2. The van der Waals surface area contributed by atoms with Crippen molar-refractivity contribution in [2.75, 3.05) is 0 Å². The number of hydrogen-bond donors (Lipinski definition) is 2. The molecule has 1 aromatic rings. The Kier molecular flexibility index (Phi) is 3.14. The van der Waals surface area contributed by atoms with E-state index in [4.69, 9.17) is 0 Å². The van der Waals surface area contributed by atoms with Crippen LogP contribution in [0.2, 0.25) is 0 Å². The van der Waals surface area contributed by atoms with Gasteiger partial charge in [-0.15, -0.1) is 0 Å². The normalized spacial score (nSPS) is 33.3. The van der Waals surface area contributed by atoms with Crippen molar-refractivity contribution in [3.63, 3.8) is 0 Å². The second-order valence-electron chi connectivity index (χ2n) is 6.27. The third-order valence-corrected chi connectivity index (χ3v) is 4.65. The molecule has 2 N–H and O–H groups in total. The first-order valence-electron chi connectivity index (χ1n) is 7.32. The predicted molar refractivity (Wildman–Crippen MR) is 73.6 cm³/mol.